The Bertz CT molecular complexity index is 2020. The summed E-state index contributed by atoms with van der Waals surface area (Å²) in [5.74, 6) is 0.663. The first-order valence-electron chi connectivity index (χ1n) is 13.6. The monoisotopic (exact) mass is 533 g/mol. The van der Waals surface area contributed by atoms with E-state index >= 15 is 0 Å². The normalized spacial score (nSPS) is 12.2. The maximum absolute atomic E-state index is 13.6. The van der Waals surface area contributed by atoms with Gasteiger partial charge in [-0.15, -0.1) is 0 Å². The lowest BCUT2D eigenvalue weighted by atomic mass is 9.85. The van der Waals surface area contributed by atoms with Gasteiger partial charge in [-0.3, -0.25) is 19.0 Å². The summed E-state index contributed by atoms with van der Waals surface area (Å²) in [6, 6.07) is 17.3. The van der Waals surface area contributed by atoms with Crippen LogP contribution in [0, 0.1) is 13.8 Å². The number of aryl methyl sites for hydroxylation is 2. The van der Waals surface area contributed by atoms with Crippen LogP contribution < -0.4 is 15.9 Å². The maximum atomic E-state index is 13.6. The van der Waals surface area contributed by atoms with Gasteiger partial charge in [-0.1, -0.05) is 32.9 Å². The molecule has 2 aromatic heterocycles. The van der Waals surface area contributed by atoms with Gasteiger partial charge in [0.25, 0.3) is 11.1 Å². The second-order valence-electron chi connectivity index (χ2n) is 11.6. The minimum atomic E-state index is -0.308. The summed E-state index contributed by atoms with van der Waals surface area (Å²) < 4.78 is 13.5. The van der Waals surface area contributed by atoms with Gasteiger partial charge >= 0.3 is 0 Å². The minimum Gasteiger partial charge on any atom is -0.494 e. The van der Waals surface area contributed by atoms with E-state index in [4.69, 9.17) is 9.15 Å². The number of aromatic nitrogens is 1. The fourth-order valence-electron chi connectivity index (χ4n) is 5.75. The second-order valence-corrected chi connectivity index (χ2v) is 11.6. The topological polar surface area (TPSA) is 78.5 Å². The summed E-state index contributed by atoms with van der Waals surface area (Å²) in [7, 11) is 0. The molecule has 0 saturated heterocycles. The molecule has 0 radical (unpaired) electrons. The molecule has 6 rings (SSSR count). The maximum Gasteiger partial charge on any atom is 0.261 e. The molecule has 40 heavy (non-hydrogen) atoms. The van der Waals surface area contributed by atoms with E-state index in [1.165, 1.54) is 10.1 Å². The number of ether oxygens (including phenoxy) is 1. The van der Waals surface area contributed by atoms with E-state index in [2.05, 4.69) is 32.9 Å². The van der Waals surface area contributed by atoms with E-state index in [0.717, 1.165) is 39.2 Å². The minimum absolute atomic E-state index is 0.0333. The molecule has 0 N–H and O–H groups in total. The second kappa shape index (κ2) is 9.33. The first kappa shape index (κ1) is 25.8. The Morgan fingerprint density at radius 1 is 0.800 bits per heavy atom. The molecule has 0 unspecified atom stereocenters. The highest BCUT2D eigenvalue weighted by Gasteiger charge is 2.20. The number of hydrogen-bond acceptors (Lipinski definition) is 5. The van der Waals surface area contributed by atoms with Crippen LogP contribution in [0.3, 0.4) is 0 Å². The van der Waals surface area contributed by atoms with Crippen molar-refractivity contribution in [3.05, 3.63) is 97.6 Å². The van der Waals surface area contributed by atoms with Crippen LogP contribution in [0.25, 0.3) is 43.5 Å². The number of carbonyl (C=O) groups is 1. The zero-order chi connectivity index (χ0) is 28.3. The highest BCUT2D eigenvalue weighted by atomic mass is 16.5. The van der Waals surface area contributed by atoms with Crippen molar-refractivity contribution >= 4 is 49.8 Å². The quantitative estimate of drug-likeness (QED) is 0.0992. The number of nitrogens with zero attached hydrogens (tertiary/aromatic N) is 1. The largest absolute Gasteiger partial charge is 0.494 e. The standard InChI is InChI=1S/C34H31NO5/c1-19-15-22(16-20(2)27(19)18-36)39-14-6-13-35-32(37)24-9-8-23-26-17-21(34(3,4)5)7-11-28(26)40-29-12-10-25(33(35)38)30(24)31(23)29/h7-12,15-18H,6,13-14H2,1-5H3. The lowest BCUT2D eigenvalue weighted by Crippen LogP contribution is -2.33. The molecule has 0 aliphatic heterocycles. The predicted octanol–water partition coefficient (Wildman–Crippen LogP) is 7.05. The van der Waals surface area contributed by atoms with Gasteiger partial charge in [0.05, 0.1) is 6.61 Å². The summed E-state index contributed by atoms with van der Waals surface area (Å²) >= 11 is 0. The summed E-state index contributed by atoms with van der Waals surface area (Å²) in [6.45, 7) is 10.8. The number of rotatable bonds is 6. The van der Waals surface area contributed by atoms with Crippen LogP contribution in [0.2, 0.25) is 0 Å². The molecule has 0 spiro atoms. The number of benzene rings is 4. The fraction of sp³-hybridized carbons (Fsp3) is 0.265. The van der Waals surface area contributed by atoms with Gasteiger partial charge < -0.3 is 9.15 Å². The zero-order valence-corrected chi connectivity index (χ0v) is 23.4. The molecule has 0 saturated carbocycles. The summed E-state index contributed by atoms with van der Waals surface area (Å²) in [6.07, 6.45) is 1.33. The highest BCUT2D eigenvalue weighted by Crippen LogP contribution is 2.38. The molecule has 0 amide bonds. The van der Waals surface area contributed by atoms with E-state index in [9.17, 15) is 14.4 Å². The molecule has 0 bridgehead atoms. The van der Waals surface area contributed by atoms with Gasteiger partial charge in [-0.05, 0) is 90.2 Å². The number of pyridine rings is 1. The summed E-state index contributed by atoms with van der Waals surface area (Å²) in [4.78, 5) is 38.4. The molecule has 0 atom stereocenters. The third-order valence-electron chi connectivity index (χ3n) is 7.91. The van der Waals surface area contributed by atoms with E-state index in [1.54, 1.807) is 6.07 Å². The molecule has 6 heteroatoms. The predicted molar refractivity (Wildman–Crippen MR) is 161 cm³/mol. The van der Waals surface area contributed by atoms with Gasteiger partial charge in [0.2, 0.25) is 0 Å². The first-order valence-corrected chi connectivity index (χ1v) is 13.6. The van der Waals surface area contributed by atoms with Crippen molar-refractivity contribution in [2.24, 2.45) is 0 Å². The van der Waals surface area contributed by atoms with Crippen LogP contribution in [0.4, 0.5) is 0 Å². The summed E-state index contributed by atoms with van der Waals surface area (Å²) in [5, 5.41) is 4.41. The smallest absolute Gasteiger partial charge is 0.261 e. The fourth-order valence-corrected chi connectivity index (χ4v) is 5.75. The third-order valence-corrected chi connectivity index (χ3v) is 7.91. The average Bonchev–Trinajstić information content (AvgIpc) is 2.91. The van der Waals surface area contributed by atoms with Gasteiger partial charge in [-0.2, -0.15) is 0 Å². The lowest BCUT2D eigenvalue weighted by Gasteiger charge is -2.20. The van der Waals surface area contributed by atoms with Gasteiger partial charge in [0, 0.05) is 39.0 Å². The Balaban J connectivity index is 1.39. The van der Waals surface area contributed by atoms with Gasteiger partial charge in [0.15, 0.2) is 6.29 Å². The Labute approximate surface area is 231 Å². The molecular weight excluding hydrogens is 502 g/mol. The number of aldehydes is 1. The van der Waals surface area contributed by atoms with Crippen molar-refractivity contribution in [1.82, 2.24) is 4.57 Å². The molecule has 0 aliphatic carbocycles. The zero-order valence-electron chi connectivity index (χ0n) is 23.4. The van der Waals surface area contributed by atoms with E-state index in [1.807, 2.05) is 50.2 Å². The average molecular weight is 534 g/mol. The number of hydrogen-bond donors (Lipinski definition) is 0. The number of fused-ring (bicyclic) bond motifs is 2. The van der Waals surface area contributed by atoms with Gasteiger partial charge in [-0.25, -0.2) is 0 Å². The summed E-state index contributed by atoms with van der Waals surface area (Å²) in [5.41, 5.74) is 4.32. The van der Waals surface area contributed by atoms with Crippen molar-refractivity contribution in [1.29, 1.82) is 0 Å². The van der Waals surface area contributed by atoms with Crippen LogP contribution in [0.1, 0.15) is 54.2 Å². The molecule has 6 aromatic rings. The Morgan fingerprint density at radius 3 is 2.08 bits per heavy atom. The van der Waals surface area contributed by atoms with Crippen LogP contribution in [0.15, 0.2) is 68.6 Å². The highest BCUT2D eigenvalue weighted by molar-refractivity contribution is 6.26. The Morgan fingerprint density at radius 2 is 1.43 bits per heavy atom. The molecular formula is C34H31NO5. The van der Waals surface area contributed by atoms with Crippen molar-refractivity contribution in [3.8, 4) is 5.75 Å². The Kier molecular flexibility index (Phi) is 6.02. The third kappa shape index (κ3) is 4.06. The van der Waals surface area contributed by atoms with E-state index in [0.29, 0.717) is 46.1 Å². The molecule has 0 fully saturated rings. The van der Waals surface area contributed by atoms with E-state index in [-0.39, 0.29) is 23.1 Å². The van der Waals surface area contributed by atoms with Crippen LogP contribution in [-0.2, 0) is 12.0 Å². The molecule has 6 nitrogen and oxygen atoms in total. The van der Waals surface area contributed by atoms with Crippen LogP contribution >= 0.6 is 0 Å². The first-order chi connectivity index (χ1) is 19.1. The van der Waals surface area contributed by atoms with Gasteiger partial charge in [0.1, 0.15) is 16.9 Å². The van der Waals surface area contributed by atoms with Crippen molar-refractivity contribution in [3.63, 3.8) is 0 Å². The Hall–Kier alpha value is -4.45. The van der Waals surface area contributed by atoms with Crippen molar-refractivity contribution in [2.75, 3.05) is 6.61 Å². The molecule has 202 valence electrons. The van der Waals surface area contributed by atoms with Crippen LogP contribution in [0.5, 0.6) is 5.75 Å². The lowest BCUT2D eigenvalue weighted by molar-refractivity contribution is 0.112. The molecule has 0 aliphatic rings. The SMILES string of the molecule is Cc1cc(OCCCn2c(=O)c3ccc4oc5ccc(C(C)(C)C)cc5c5ccc(c2=O)c3c45)cc(C)c1C=O. The molecule has 4 aromatic carbocycles. The molecule has 2 heterocycles. The van der Waals surface area contributed by atoms with E-state index < -0.39 is 0 Å². The van der Waals surface area contributed by atoms with Crippen molar-refractivity contribution in [2.45, 2.75) is 53.0 Å². The van der Waals surface area contributed by atoms with Crippen LogP contribution in [-0.4, -0.2) is 17.5 Å². The van der Waals surface area contributed by atoms with Crippen molar-refractivity contribution < 1.29 is 13.9 Å². The number of carbonyl (C=O) groups excluding carboxylic acids is 1.